The number of hydrogen-bond acceptors (Lipinski definition) is 4. The molecular formula is C21H24N3O4S+. The quantitative estimate of drug-likeness (QED) is 0.737. The summed E-state index contributed by atoms with van der Waals surface area (Å²) in [5, 5.41) is 0. The SMILES string of the molecule is Cc1ccc(S(=O)(=O)N2CC[NH+](CN3C(=O)c4ccccc4C3=O)CC2)cc1C. The molecule has 2 amide bonds. The van der Waals surface area contributed by atoms with Gasteiger partial charge in [0.15, 0.2) is 6.67 Å². The minimum atomic E-state index is -3.54. The zero-order valence-electron chi connectivity index (χ0n) is 16.5. The zero-order chi connectivity index (χ0) is 20.8. The van der Waals surface area contributed by atoms with Gasteiger partial charge >= 0.3 is 0 Å². The minimum absolute atomic E-state index is 0.254. The highest BCUT2D eigenvalue weighted by Crippen LogP contribution is 2.22. The second-order valence-electron chi connectivity index (χ2n) is 7.64. The van der Waals surface area contributed by atoms with E-state index in [1.54, 1.807) is 36.4 Å². The molecule has 1 saturated heterocycles. The van der Waals surface area contributed by atoms with Crippen molar-refractivity contribution in [1.82, 2.24) is 9.21 Å². The van der Waals surface area contributed by atoms with Crippen LogP contribution >= 0.6 is 0 Å². The number of aryl methyl sites for hydroxylation is 2. The topological polar surface area (TPSA) is 79.2 Å². The van der Waals surface area contributed by atoms with Crippen LogP contribution in [0.2, 0.25) is 0 Å². The molecule has 29 heavy (non-hydrogen) atoms. The van der Waals surface area contributed by atoms with Crippen LogP contribution in [0.5, 0.6) is 0 Å². The summed E-state index contributed by atoms with van der Waals surface area (Å²) in [7, 11) is -3.54. The van der Waals surface area contributed by atoms with Crippen molar-refractivity contribution in [3.05, 3.63) is 64.7 Å². The smallest absolute Gasteiger partial charge is 0.265 e. The molecule has 0 spiro atoms. The number of nitrogens with zero attached hydrogens (tertiary/aromatic N) is 2. The fraction of sp³-hybridized carbons (Fsp3) is 0.333. The van der Waals surface area contributed by atoms with Crippen LogP contribution in [-0.2, 0) is 10.0 Å². The molecule has 1 fully saturated rings. The normalized spacial score (nSPS) is 18.3. The Morgan fingerprint density at radius 1 is 0.897 bits per heavy atom. The third-order valence-electron chi connectivity index (χ3n) is 5.81. The lowest BCUT2D eigenvalue weighted by Crippen LogP contribution is -3.16. The van der Waals surface area contributed by atoms with Crippen molar-refractivity contribution in [2.75, 3.05) is 32.8 Å². The van der Waals surface area contributed by atoms with E-state index < -0.39 is 10.0 Å². The predicted molar refractivity (Wildman–Crippen MR) is 107 cm³/mol. The van der Waals surface area contributed by atoms with E-state index in [-0.39, 0.29) is 18.5 Å². The minimum Gasteiger partial charge on any atom is -0.315 e. The van der Waals surface area contributed by atoms with Crippen LogP contribution in [0.1, 0.15) is 31.8 Å². The lowest BCUT2D eigenvalue weighted by molar-refractivity contribution is -0.910. The highest BCUT2D eigenvalue weighted by atomic mass is 32.2. The van der Waals surface area contributed by atoms with Crippen LogP contribution in [0, 0.1) is 13.8 Å². The summed E-state index contributed by atoms with van der Waals surface area (Å²) in [4.78, 5) is 27.7. The number of quaternary nitrogens is 1. The van der Waals surface area contributed by atoms with Gasteiger partial charge in [-0.1, -0.05) is 18.2 Å². The molecule has 0 unspecified atom stereocenters. The first kappa shape index (κ1) is 19.8. The van der Waals surface area contributed by atoms with Gasteiger partial charge in [-0.2, -0.15) is 4.31 Å². The summed E-state index contributed by atoms with van der Waals surface area (Å²) in [5.41, 5.74) is 2.88. The number of hydrogen-bond donors (Lipinski definition) is 1. The Morgan fingerprint density at radius 2 is 1.48 bits per heavy atom. The third-order valence-corrected chi connectivity index (χ3v) is 7.70. The number of imide groups is 1. The second-order valence-corrected chi connectivity index (χ2v) is 9.58. The molecule has 0 aliphatic carbocycles. The number of amides is 2. The van der Waals surface area contributed by atoms with E-state index in [0.717, 1.165) is 16.0 Å². The number of piperazine rings is 1. The number of nitrogens with one attached hydrogen (secondary N) is 1. The van der Waals surface area contributed by atoms with Gasteiger partial charge in [-0.25, -0.2) is 13.3 Å². The summed E-state index contributed by atoms with van der Waals surface area (Å²) in [6.07, 6.45) is 0. The predicted octanol–water partition coefficient (Wildman–Crippen LogP) is 0.446. The molecule has 2 heterocycles. The van der Waals surface area contributed by atoms with Crippen LogP contribution in [0.25, 0.3) is 0 Å². The van der Waals surface area contributed by atoms with Crippen LogP contribution in [0.15, 0.2) is 47.4 Å². The third kappa shape index (κ3) is 3.48. The molecule has 2 aromatic rings. The summed E-state index contributed by atoms with van der Waals surface area (Å²) < 4.78 is 27.4. The maximum absolute atomic E-state index is 13.0. The van der Waals surface area contributed by atoms with E-state index in [1.165, 1.54) is 9.21 Å². The Bertz CT molecular complexity index is 1050. The molecule has 2 aliphatic rings. The van der Waals surface area contributed by atoms with Crippen LogP contribution in [0.3, 0.4) is 0 Å². The first-order valence-electron chi connectivity index (χ1n) is 9.65. The van der Waals surface area contributed by atoms with E-state index in [0.29, 0.717) is 42.2 Å². The molecular weight excluding hydrogens is 390 g/mol. The van der Waals surface area contributed by atoms with Crippen molar-refractivity contribution in [3.63, 3.8) is 0 Å². The van der Waals surface area contributed by atoms with Gasteiger partial charge in [-0.15, -0.1) is 0 Å². The van der Waals surface area contributed by atoms with Crippen molar-refractivity contribution < 1.29 is 22.9 Å². The van der Waals surface area contributed by atoms with Gasteiger partial charge < -0.3 is 4.90 Å². The second kappa shape index (κ2) is 7.37. The van der Waals surface area contributed by atoms with Gasteiger partial charge in [-0.3, -0.25) is 9.59 Å². The monoisotopic (exact) mass is 414 g/mol. The molecule has 4 rings (SSSR count). The molecule has 2 aliphatic heterocycles. The number of carbonyl (C=O) groups excluding carboxylic acids is 2. The number of sulfonamides is 1. The van der Waals surface area contributed by atoms with Gasteiger partial charge in [0, 0.05) is 0 Å². The zero-order valence-corrected chi connectivity index (χ0v) is 17.3. The van der Waals surface area contributed by atoms with Crippen molar-refractivity contribution in [1.29, 1.82) is 0 Å². The van der Waals surface area contributed by atoms with E-state index >= 15 is 0 Å². The molecule has 2 aromatic carbocycles. The molecule has 0 saturated carbocycles. The molecule has 152 valence electrons. The molecule has 7 nitrogen and oxygen atoms in total. The van der Waals surface area contributed by atoms with Crippen LogP contribution in [-0.4, -0.2) is 62.3 Å². The Hall–Kier alpha value is -2.55. The summed E-state index contributed by atoms with van der Waals surface area (Å²) in [5.74, 6) is -0.549. The molecule has 1 N–H and O–H groups in total. The van der Waals surface area contributed by atoms with Gasteiger partial charge in [0.25, 0.3) is 11.8 Å². The van der Waals surface area contributed by atoms with Gasteiger partial charge in [0.05, 0.1) is 42.2 Å². The van der Waals surface area contributed by atoms with E-state index in [1.807, 2.05) is 19.9 Å². The fourth-order valence-corrected chi connectivity index (χ4v) is 5.36. The standard InChI is InChI=1S/C21H23N3O4S/c1-15-7-8-17(13-16(15)2)29(27,28)23-11-9-22(10-12-23)14-24-20(25)18-5-3-4-6-19(18)21(24)26/h3-8,13H,9-12,14H2,1-2H3/p+1. The molecule has 0 atom stereocenters. The number of rotatable bonds is 4. The highest BCUT2D eigenvalue weighted by Gasteiger charge is 2.39. The van der Waals surface area contributed by atoms with E-state index in [9.17, 15) is 18.0 Å². The lowest BCUT2D eigenvalue weighted by Gasteiger charge is -2.33. The lowest BCUT2D eigenvalue weighted by atomic mass is 10.1. The molecule has 0 radical (unpaired) electrons. The summed E-state index contributed by atoms with van der Waals surface area (Å²) >= 11 is 0. The number of carbonyl (C=O) groups is 2. The first-order chi connectivity index (χ1) is 13.8. The maximum Gasteiger partial charge on any atom is 0.265 e. The number of fused-ring (bicyclic) bond motifs is 1. The van der Waals surface area contributed by atoms with E-state index in [2.05, 4.69) is 0 Å². The average Bonchev–Trinajstić information content (AvgIpc) is 2.95. The van der Waals surface area contributed by atoms with Crippen LogP contribution in [0.4, 0.5) is 0 Å². The maximum atomic E-state index is 13.0. The Kier molecular flexibility index (Phi) is 5.02. The number of benzene rings is 2. The van der Waals surface area contributed by atoms with Crippen molar-refractivity contribution in [2.24, 2.45) is 0 Å². The van der Waals surface area contributed by atoms with Crippen LogP contribution < -0.4 is 4.90 Å². The van der Waals surface area contributed by atoms with Crippen molar-refractivity contribution >= 4 is 21.8 Å². The van der Waals surface area contributed by atoms with Gasteiger partial charge in [-0.05, 0) is 49.2 Å². The van der Waals surface area contributed by atoms with Crippen molar-refractivity contribution in [2.45, 2.75) is 18.7 Å². The van der Waals surface area contributed by atoms with Gasteiger partial charge in [0.2, 0.25) is 10.0 Å². The Balaban J connectivity index is 1.42. The van der Waals surface area contributed by atoms with Gasteiger partial charge in [0.1, 0.15) is 0 Å². The molecule has 8 heteroatoms. The Morgan fingerprint density at radius 3 is 2.03 bits per heavy atom. The molecule has 0 aromatic heterocycles. The van der Waals surface area contributed by atoms with Crippen molar-refractivity contribution in [3.8, 4) is 0 Å². The summed E-state index contributed by atoms with van der Waals surface area (Å²) in [6, 6.07) is 12.0. The molecule has 0 bridgehead atoms. The Labute approximate surface area is 170 Å². The fourth-order valence-electron chi connectivity index (χ4n) is 3.83. The first-order valence-corrected chi connectivity index (χ1v) is 11.1. The van der Waals surface area contributed by atoms with E-state index in [4.69, 9.17) is 0 Å². The highest BCUT2D eigenvalue weighted by molar-refractivity contribution is 7.89. The average molecular weight is 415 g/mol. The summed E-state index contributed by atoms with van der Waals surface area (Å²) in [6.45, 7) is 5.89. The largest absolute Gasteiger partial charge is 0.315 e.